The van der Waals surface area contributed by atoms with E-state index in [0.29, 0.717) is 21.9 Å². The van der Waals surface area contributed by atoms with Gasteiger partial charge in [0.25, 0.3) is 0 Å². The van der Waals surface area contributed by atoms with Gasteiger partial charge in [-0.2, -0.15) is 0 Å². The highest BCUT2D eigenvalue weighted by Crippen LogP contribution is 2.11. The lowest BCUT2D eigenvalue weighted by atomic mass is 10.1. The molecule has 4 nitrogen and oxygen atoms in total. The molecule has 96 valence electrons. The first-order chi connectivity index (χ1) is 9.06. The third-order valence-electron chi connectivity index (χ3n) is 2.47. The lowest BCUT2D eigenvalue weighted by Crippen LogP contribution is -2.07. The van der Waals surface area contributed by atoms with E-state index >= 15 is 0 Å². The van der Waals surface area contributed by atoms with Crippen molar-refractivity contribution in [3.8, 4) is 0 Å². The molecule has 2 rings (SSSR count). The Balaban J connectivity index is 2.07. The van der Waals surface area contributed by atoms with Crippen LogP contribution in [0.4, 0.5) is 0 Å². The second-order valence-corrected chi connectivity index (χ2v) is 4.36. The third kappa shape index (κ3) is 3.39. The van der Waals surface area contributed by atoms with Gasteiger partial charge in [0.15, 0.2) is 5.78 Å². The predicted octanol–water partition coefficient (Wildman–Crippen LogP) is 2.94. The molecular formula is C14H10ClNO3. The molecule has 0 unspecified atom stereocenters. The van der Waals surface area contributed by atoms with Gasteiger partial charge in [-0.05, 0) is 55.0 Å². The van der Waals surface area contributed by atoms with Crippen molar-refractivity contribution in [3.05, 3.63) is 58.7 Å². The smallest absolute Gasteiger partial charge is 0.312 e. The van der Waals surface area contributed by atoms with Crippen molar-refractivity contribution >= 4 is 29.1 Å². The molecule has 5 heteroatoms. The fourth-order valence-electron chi connectivity index (χ4n) is 1.42. The summed E-state index contributed by atoms with van der Waals surface area (Å²) in [5, 5.41) is 4.22. The molecule has 0 aromatic heterocycles. The minimum Gasteiger partial charge on any atom is -0.312 e. The molecule has 0 amide bonds. The average Bonchev–Trinajstić information content (AvgIpc) is 2.40. The molecule has 1 aliphatic carbocycles. The van der Waals surface area contributed by atoms with Crippen LogP contribution >= 0.6 is 11.6 Å². The van der Waals surface area contributed by atoms with E-state index in [4.69, 9.17) is 16.4 Å². The Morgan fingerprint density at radius 3 is 2.53 bits per heavy atom. The second-order valence-electron chi connectivity index (χ2n) is 3.93. The van der Waals surface area contributed by atoms with E-state index in [1.807, 2.05) is 0 Å². The van der Waals surface area contributed by atoms with Gasteiger partial charge in [-0.1, -0.05) is 16.8 Å². The monoisotopic (exact) mass is 275 g/mol. The molecule has 0 heterocycles. The number of carbonyl (C=O) groups excluding carboxylic acids is 2. The molecule has 0 saturated carbocycles. The van der Waals surface area contributed by atoms with Crippen LogP contribution in [0.15, 0.2) is 53.2 Å². The fraction of sp³-hybridized carbons (Fsp3) is 0.0714. The molecule has 0 aliphatic heterocycles. The highest BCUT2D eigenvalue weighted by molar-refractivity contribution is 6.30. The van der Waals surface area contributed by atoms with E-state index in [1.165, 1.54) is 12.2 Å². The first-order valence-electron chi connectivity index (χ1n) is 5.52. The van der Waals surface area contributed by atoms with Gasteiger partial charge in [-0.15, -0.1) is 0 Å². The highest BCUT2D eigenvalue weighted by Gasteiger charge is 2.10. The van der Waals surface area contributed by atoms with E-state index in [2.05, 4.69) is 5.16 Å². The first kappa shape index (κ1) is 13.2. The number of ketones is 1. The Bertz CT molecular complexity index is 612. The maximum absolute atomic E-state index is 11.7. The number of benzene rings is 1. The van der Waals surface area contributed by atoms with Crippen LogP contribution in [0.3, 0.4) is 0 Å². The van der Waals surface area contributed by atoms with Crippen molar-refractivity contribution in [1.29, 1.82) is 0 Å². The summed E-state index contributed by atoms with van der Waals surface area (Å²) in [5.74, 6) is -0.663. The molecule has 0 radical (unpaired) electrons. The average molecular weight is 276 g/mol. The van der Waals surface area contributed by atoms with Gasteiger partial charge >= 0.3 is 5.97 Å². The third-order valence-corrected chi connectivity index (χ3v) is 2.72. The normalized spacial score (nSPS) is 16.4. The second kappa shape index (κ2) is 5.63. The Morgan fingerprint density at radius 1 is 1.21 bits per heavy atom. The van der Waals surface area contributed by atoms with Crippen LogP contribution in [0, 0.1) is 0 Å². The molecule has 0 N–H and O–H groups in total. The number of hydrogen-bond donors (Lipinski definition) is 0. The van der Waals surface area contributed by atoms with Gasteiger partial charge < -0.3 is 4.84 Å². The Morgan fingerprint density at radius 2 is 1.89 bits per heavy atom. The summed E-state index contributed by atoms with van der Waals surface area (Å²) in [6.07, 6.45) is 4.42. The molecule has 0 atom stereocenters. The number of allylic oxidation sites excluding steroid dienone is 4. The molecule has 1 aromatic carbocycles. The topological polar surface area (TPSA) is 55.7 Å². The summed E-state index contributed by atoms with van der Waals surface area (Å²) in [6, 6.07) is 6.28. The van der Waals surface area contributed by atoms with E-state index in [1.54, 1.807) is 37.3 Å². The SMILES string of the molecule is CC1=CC(=NOC(=O)c2ccc(Cl)cc2)C=CC1=O. The van der Waals surface area contributed by atoms with Crippen LogP contribution < -0.4 is 0 Å². The zero-order valence-electron chi connectivity index (χ0n) is 10.1. The molecule has 0 fully saturated rings. The number of rotatable bonds is 2. The zero-order valence-corrected chi connectivity index (χ0v) is 10.8. The molecule has 0 spiro atoms. The number of nitrogens with zero attached hydrogens (tertiary/aromatic N) is 1. The van der Waals surface area contributed by atoms with Crippen LogP contribution in [0.1, 0.15) is 17.3 Å². The van der Waals surface area contributed by atoms with E-state index in [0.717, 1.165) is 0 Å². The van der Waals surface area contributed by atoms with Crippen LogP contribution in [0.25, 0.3) is 0 Å². The van der Waals surface area contributed by atoms with Crippen molar-refractivity contribution in [3.63, 3.8) is 0 Å². The summed E-state index contributed by atoms with van der Waals surface area (Å²) in [4.78, 5) is 27.7. The maximum atomic E-state index is 11.7. The predicted molar refractivity (Wildman–Crippen MR) is 72.2 cm³/mol. The lowest BCUT2D eigenvalue weighted by Gasteiger charge is -2.03. The molecule has 19 heavy (non-hydrogen) atoms. The highest BCUT2D eigenvalue weighted by atomic mass is 35.5. The summed E-state index contributed by atoms with van der Waals surface area (Å²) >= 11 is 5.72. The van der Waals surface area contributed by atoms with E-state index < -0.39 is 5.97 Å². The minimum atomic E-state index is -0.583. The standard InChI is InChI=1S/C14H10ClNO3/c1-9-8-12(6-7-13(9)17)16-19-14(18)10-2-4-11(15)5-3-10/h2-8H,1H3. The molecule has 1 aliphatic rings. The molecular weight excluding hydrogens is 266 g/mol. The van der Waals surface area contributed by atoms with Crippen LogP contribution in [-0.4, -0.2) is 17.5 Å². The Kier molecular flexibility index (Phi) is 3.92. The van der Waals surface area contributed by atoms with Crippen molar-refractivity contribution < 1.29 is 14.4 Å². The Hall–Kier alpha value is -2.20. The van der Waals surface area contributed by atoms with Crippen LogP contribution in [0.5, 0.6) is 0 Å². The minimum absolute atomic E-state index is 0.0806. The van der Waals surface area contributed by atoms with Crippen LogP contribution in [-0.2, 0) is 9.63 Å². The van der Waals surface area contributed by atoms with Crippen molar-refractivity contribution in [2.75, 3.05) is 0 Å². The molecule has 1 aromatic rings. The number of oxime groups is 1. The van der Waals surface area contributed by atoms with Gasteiger partial charge in [-0.25, -0.2) is 4.79 Å². The van der Waals surface area contributed by atoms with E-state index in [-0.39, 0.29) is 5.78 Å². The summed E-state index contributed by atoms with van der Waals surface area (Å²) < 4.78 is 0. The van der Waals surface area contributed by atoms with Crippen molar-refractivity contribution in [2.24, 2.45) is 5.16 Å². The van der Waals surface area contributed by atoms with Crippen molar-refractivity contribution in [1.82, 2.24) is 0 Å². The zero-order chi connectivity index (χ0) is 13.8. The van der Waals surface area contributed by atoms with Crippen LogP contribution in [0.2, 0.25) is 5.02 Å². The Labute approximate surface area is 115 Å². The quantitative estimate of drug-likeness (QED) is 0.474. The lowest BCUT2D eigenvalue weighted by molar-refractivity contribution is -0.111. The number of hydrogen-bond acceptors (Lipinski definition) is 4. The van der Waals surface area contributed by atoms with Gasteiger partial charge in [-0.3, -0.25) is 4.79 Å². The van der Waals surface area contributed by atoms with Gasteiger partial charge in [0.2, 0.25) is 0 Å². The van der Waals surface area contributed by atoms with Gasteiger partial charge in [0, 0.05) is 5.02 Å². The largest absolute Gasteiger partial charge is 0.365 e. The molecule has 0 bridgehead atoms. The van der Waals surface area contributed by atoms with Gasteiger partial charge in [0.05, 0.1) is 5.56 Å². The first-order valence-corrected chi connectivity index (χ1v) is 5.89. The number of carbonyl (C=O) groups is 2. The fourth-order valence-corrected chi connectivity index (χ4v) is 1.55. The number of halogens is 1. The summed E-state index contributed by atoms with van der Waals surface area (Å²) in [5.41, 5.74) is 1.31. The van der Waals surface area contributed by atoms with Gasteiger partial charge in [0.1, 0.15) is 5.71 Å². The van der Waals surface area contributed by atoms with E-state index in [9.17, 15) is 9.59 Å². The maximum Gasteiger partial charge on any atom is 0.365 e. The summed E-state index contributed by atoms with van der Waals surface area (Å²) in [7, 11) is 0. The molecule has 0 saturated heterocycles. The van der Waals surface area contributed by atoms with Crippen molar-refractivity contribution in [2.45, 2.75) is 6.92 Å². The summed E-state index contributed by atoms with van der Waals surface area (Å²) in [6.45, 7) is 1.67.